The van der Waals surface area contributed by atoms with Crippen LogP contribution in [0.5, 0.6) is 0 Å². The van der Waals surface area contributed by atoms with Crippen LogP contribution in [0.4, 0.5) is 5.69 Å². The van der Waals surface area contributed by atoms with E-state index < -0.39 is 4.92 Å². The van der Waals surface area contributed by atoms with E-state index in [4.69, 9.17) is 5.26 Å². The number of hydrogen-bond donors (Lipinski definition) is 0. The second-order valence-electron chi connectivity index (χ2n) is 3.90. The Morgan fingerprint density at radius 1 is 1.21 bits per heavy atom. The minimum atomic E-state index is -0.421. The van der Waals surface area contributed by atoms with Gasteiger partial charge in [-0.05, 0) is 17.7 Å². The molecule has 0 aliphatic carbocycles. The quantitative estimate of drug-likeness (QED) is 0.487. The molecule has 94 valence electrons. The van der Waals surface area contributed by atoms with Crippen LogP contribution in [0.3, 0.4) is 0 Å². The molecule has 0 unspecified atom stereocenters. The van der Waals surface area contributed by atoms with Crippen LogP contribution < -0.4 is 0 Å². The number of halogens is 1. The SMILES string of the molecule is N#Cc1ccccc1-c1ccc(CBr)cc1[N+](=O)[O-]. The highest BCUT2D eigenvalue weighted by Gasteiger charge is 2.18. The van der Waals surface area contributed by atoms with Crippen molar-refractivity contribution >= 4 is 21.6 Å². The Balaban J connectivity index is 2.69. The summed E-state index contributed by atoms with van der Waals surface area (Å²) in [5, 5.41) is 20.8. The first-order chi connectivity index (χ1) is 9.17. The van der Waals surface area contributed by atoms with Crippen LogP contribution in [0.15, 0.2) is 42.5 Å². The number of nitrogens with zero attached hydrogens (tertiary/aromatic N) is 2. The Morgan fingerprint density at radius 2 is 1.95 bits per heavy atom. The molecule has 0 fully saturated rings. The average molecular weight is 317 g/mol. The molecule has 0 radical (unpaired) electrons. The van der Waals surface area contributed by atoms with Gasteiger partial charge in [0.25, 0.3) is 5.69 Å². The molecule has 0 bridgehead atoms. The van der Waals surface area contributed by atoms with Gasteiger partial charge >= 0.3 is 0 Å². The summed E-state index contributed by atoms with van der Waals surface area (Å²) in [4.78, 5) is 10.7. The van der Waals surface area contributed by atoms with E-state index in [0.717, 1.165) is 5.56 Å². The van der Waals surface area contributed by atoms with Crippen molar-refractivity contribution in [3.63, 3.8) is 0 Å². The number of nitro benzene ring substituents is 1. The second-order valence-corrected chi connectivity index (χ2v) is 4.46. The summed E-state index contributed by atoms with van der Waals surface area (Å²) in [5.74, 6) is 0. The van der Waals surface area contributed by atoms with Crippen LogP contribution in [0.1, 0.15) is 11.1 Å². The van der Waals surface area contributed by atoms with Crippen LogP contribution in [-0.2, 0) is 5.33 Å². The van der Waals surface area contributed by atoms with Crippen LogP contribution in [0, 0.1) is 21.4 Å². The van der Waals surface area contributed by atoms with E-state index in [0.29, 0.717) is 22.0 Å². The number of alkyl halides is 1. The summed E-state index contributed by atoms with van der Waals surface area (Å²) < 4.78 is 0. The monoisotopic (exact) mass is 316 g/mol. The fourth-order valence-corrected chi connectivity index (χ4v) is 2.20. The van der Waals surface area contributed by atoms with Crippen molar-refractivity contribution in [3.8, 4) is 17.2 Å². The largest absolute Gasteiger partial charge is 0.277 e. The van der Waals surface area contributed by atoms with E-state index in [9.17, 15) is 10.1 Å². The van der Waals surface area contributed by atoms with Gasteiger partial charge in [-0.3, -0.25) is 10.1 Å². The van der Waals surface area contributed by atoms with Crippen LogP contribution in [-0.4, -0.2) is 4.92 Å². The van der Waals surface area contributed by atoms with Gasteiger partial charge in [0.05, 0.1) is 22.1 Å². The van der Waals surface area contributed by atoms with Crippen molar-refractivity contribution in [2.24, 2.45) is 0 Å². The summed E-state index contributed by atoms with van der Waals surface area (Å²) in [6.45, 7) is 0. The summed E-state index contributed by atoms with van der Waals surface area (Å²) in [5.41, 5.74) is 2.31. The molecular formula is C14H9BrN2O2. The maximum absolute atomic E-state index is 11.2. The van der Waals surface area contributed by atoms with Gasteiger partial charge in [-0.1, -0.05) is 40.2 Å². The lowest BCUT2D eigenvalue weighted by atomic mass is 9.98. The summed E-state index contributed by atoms with van der Waals surface area (Å²) >= 11 is 3.27. The van der Waals surface area contributed by atoms with Crippen molar-refractivity contribution in [1.82, 2.24) is 0 Å². The molecule has 2 aromatic carbocycles. The predicted molar refractivity (Wildman–Crippen MR) is 75.9 cm³/mol. The zero-order chi connectivity index (χ0) is 13.8. The highest BCUT2D eigenvalue weighted by atomic mass is 79.9. The third kappa shape index (κ3) is 2.64. The molecule has 0 aromatic heterocycles. The summed E-state index contributed by atoms with van der Waals surface area (Å²) in [6, 6.07) is 13.9. The molecule has 0 atom stereocenters. The molecule has 0 saturated heterocycles. The van der Waals surface area contributed by atoms with Crippen LogP contribution in [0.2, 0.25) is 0 Å². The van der Waals surface area contributed by atoms with E-state index in [2.05, 4.69) is 22.0 Å². The Labute approximate surface area is 118 Å². The van der Waals surface area contributed by atoms with Gasteiger partial charge in [0.1, 0.15) is 0 Å². The zero-order valence-electron chi connectivity index (χ0n) is 9.84. The molecule has 0 amide bonds. The van der Waals surface area contributed by atoms with Gasteiger partial charge in [-0.25, -0.2) is 0 Å². The zero-order valence-corrected chi connectivity index (χ0v) is 11.4. The van der Waals surface area contributed by atoms with E-state index in [-0.39, 0.29) is 5.69 Å². The Kier molecular flexibility index (Phi) is 3.93. The average Bonchev–Trinajstić information content (AvgIpc) is 2.46. The van der Waals surface area contributed by atoms with Crippen molar-refractivity contribution < 1.29 is 4.92 Å². The number of nitriles is 1. The first-order valence-electron chi connectivity index (χ1n) is 5.50. The van der Waals surface area contributed by atoms with Gasteiger partial charge in [-0.15, -0.1) is 0 Å². The van der Waals surface area contributed by atoms with Crippen molar-refractivity contribution in [2.45, 2.75) is 5.33 Å². The molecule has 0 aliphatic rings. The van der Waals surface area contributed by atoms with Crippen molar-refractivity contribution in [2.75, 3.05) is 0 Å². The highest BCUT2D eigenvalue weighted by Crippen LogP contribution is 2.33. The van der Waals surface area contributed by atoms with Gasteiger partial charge in [0.15, 0.2) is 0 Å². The minimum Gasteiger partial charge on any atom is -0.258 e. The van der Waals surface area contributed by atoms with E-state index in [1.165, 1.54) is 6.07 Å². The smallest absolute Gasteiger partial charge is 0.258 e. The first-order valence-corrected chi connectivity index (χ1v) is 6.62. The number of rotatable bonds is 3. The van der Waals surface area contributed by atoms with Crippen LogP contribution >= 0.6 is 15.9 Å². The van der Waals surface area contributed by atoms with Gasteiger partial charge in [0.2, 0.25) is 0 Å². The maximum Gasteiger partial charge on any atom is 0.277 e. The molecular weight excluding hydrogens is 308 g/mol. The van der Waals surface area contributed by atoms with Crippen molar-refractivity contribution in [3.05, 3.63) is 63.7 Å². The maximum atomic E-state index is 11.2. The molecule has 2 aromatic rings. The van der Waals surface area contributed by atoms with E-state index in [1.54, 1.807) is 30.3 Å². The molecule has 0 N–H and O–H groups in total. The third-order valence-electron chi connectivity index (χ3n) is 2.75. The lowest BCUT2D eigenvalue weighted by molar-refractivity contribution is -0.384. The fourth-order valence-electron chi connectivity index (χ4n) is 1.85. The molecule has 0 aliphatic heterocycles. The number of nitro groups is 1. The topological polar surface area (TPSA) is 66.9 Å². The Hall–Kier alpha value is -2.19. The lowest BCUT2D eigenvalue weighted by Gasteiger charge is -2.06. The minimum absolute atomic E-state index is 0.0136. The number of benzene rings is 2. The molecule has 0 spiro atoms. The molecule has 4 nitrogen and oxygen atoms in total. The Morgan fingerprint density at radius 3 is 2.58 bits per heavy atom. The molecule has 19 heavy (non-hydrogen) atoms. The predicted octanol–water partition coefficient (Wildman–Crippen LogP) is 4.03. The molecule has 2 rings (SSSR count). The van der Waals surface area contributed by atoms with Crippen LogP contribution in [0.25, 0.3) is 11.1 Å². The Bertz CT molecular complexity index is 677. The third-order valence-corrected chi connectivity index (χ3v) is 3.40. The van der Waals surface area contributed by atoms with Gasteiger partial charge in [0, 0.05) is 17.0 Å². The summed E-state index contributed by atoms with van der Waals surface area (Å²) in [6.07, 6.45) is 0. The molecule has 0 heterocycles. The number of hydrogen-bond acceptors (Lipinski definition) is 3. The van der Waals surface area contributed by atoms with E-state index >= 15 is 0 Å². The summed E-state index contributed by atoms with van der Waals surface area (Å²) in [7, 11) is 0. The first kappa shape index (κ1) is 13.2. The lowest BCUT2D eigenvalue weighted by Crippen LogP contribution is -1.95. The second kappa shape index (κ2) is 5.63. The fraction of sp³-hybridized carbons (Fsp3) is 0.0714. The standard InChI is InChI=1S/C14H9BrN2O2/c15-8-10-5-6-13(14(7-10)17(18)19)12-4-2-1-3-11(12)9-16/h1-7H,8H2. The molecule has 5 heteroatoms. The molecule has 0 saturated carbocycles. The van der Waals surface area contributed by atoms with Crippen molar-refractivity contribution in [1.29, 1.82) is 5.26 Å². The van der Waals surface area contributed by atoms with E-state index in [1.807, 2.05) is 6.07 Å². The van der Waals surface area contributed by atoms with Gasteiger partial charge < -0.3 is 0 Å². The normalized spacial score (nSPS) is 9.89. The van der Waals surface area contributed by atoms with Gasteiger partial charge in [-0.2, -0.15) is 5.26 Å². The highest BCUT2D eigenvalue weighted by molar-refractivity contribution is 9.08.